The topological polar surface area (TPSA) is 59.8 Å². The SMILES string of the molecule is Cc1cc(NC(=O)CC2CCCC2)n(-c2nc(-c3ccc(F)cc3)cs2)n1. The predicted octanol–water partition coefficient (Wildman–Crippen LogP) is 4.96. The van der Waals surface area contributed by atoms with E-state index in [0.717, 1.165) is 29.8 Å². The zero-order valence-electron chi connectivity index (χ0n) is 15.1. The summed E-state index contributed by atoms with van der Waals surface area (Å²) < 4.78 is 14.8. The lowest BCUT2D eigenvalue weighted by molar-refractivity contribution is -0.117. The van der Waals surface area contributed by atoms with Crippen LogP contribution in [0, 0.1) is 18.7 Å². The minimum atomic E-state index is -0.274. The van der Waals surface area contributed by atoms with Gasteiger partial charge < -0.3 is 5.32 Å². The fraction of sp³-hybridized carbons (Fsp3) is 0.350. The van der Waals surface area contributed by atoms with Gasteiger partial charge in [-0.15, -0.1) is 11.3 Å². The molecule has 4 rings (SSSR count). The Balaban J connectivity index is 1.54. The molecule has 27 heavy (non-hydrogen) atoms. The molecule has 0 radical (unpaired) electrons. The van der Waals surface area contributed by atoms with E-state index in [9.17, 15) is 9.18 Å². The number of carbonyl (C=O) groups excluding carboxylic acids is 1. The van der Waals surface area contributed by atoms with E-state index in [1.807, 2.05) is 18.4 Å². The van der Waals surface area contributed by atoms with Crippen LogP contribution in [-0.4, -0.2) is 20.7 Å². The van der Waals surface area contributed by atoms with E-state index < -0.39 is 0 Å². The molecule has 0 saturated heterocycles. The smallest absolute Gasteiger partial charge is 0.225 e. The van der Waals surface area contributed by atoms with Crippen molar-refractivity contribution in [2.24, 2.45) is 5.92 Å². The molecule has 0 atom stereocenters. The highest BCUT2D eigenvalue weighted by Gasteiger charge is 2.20. The van der Waals surface area contributed by atoms with Crippen molar-refractivity contribution in [3.63, 3.8) is 0 Å². The van der Waals surface area contributed by atoms with Crippen LogP contribution in [0.4, 0.5) is 10.2 Å². The summed E-state index contributed by atoms with van der Waals surface area (Å²) >= 11 is 1.43. The summed E-state index contributed by atoms with van der Waals surface area (Å²) in [5, 5.41) is 10.0. The van der Waals surface area contributed by atoms with Crippen molar-refractivity contribution in [2.45, 2.75) is 39.0 Å². The number of aromatic nitrogens is 3. The number of rotatable bonds is 5. The first-order valence-corrected chi connectivity index (χ1v) is 10.0. The Morgan fingerprint density at radius 3 is 2.78 bits per heavy atom. The fourth-order valence-corrected chi connectivity index (χ4v) is 4.32. The molecule has 2 heterocycles. The minimum Gasteiger partial charge on any atom is -0.310 e. The molecule has 1 aliphatic rings. The fourth-order valence-electron chi connectivity index (χ4n) is 3.52. The Kier molecular flexibility index (Phi) is 5.03. The molecule has 7 heteroatoms. The van der Waals surface area contributed by atoms with E-state index in [1.54, 1.807) is 16.8 Å². The molecule has 0 bridgehead atoms. The van der Waals surface area contributed by atoms with Crippen molar-refractivity contribution in [2.75, 3.05) is 5.32 Å². The highest BCUT2D eigenvalue weighted by molar-refractivity contribution is 7.12. The molecule has 1 N–H and O–H groups in total. The minimum absolute atomic E-state index is 0.0263. The highest BCUT2D eigenvalue weighted by Crippen LogP contribution is 2.29. The molecule has 0 unspecified atom stereocenters. The van der Waals surface area contributed by atoms with Gasteiger partial charge in [-0.05, 0) is 49.9 Å². The summed E-state index contributed by atoms with van der Waals surface area (Å²) in [4.78, 5) is 17.0. The van der Waals surface area contributed by atoms with Crippen LogP contribution in [0.2, 0.25) is 0 Å². The Morgan fingerprint density at radius 2 is 2.04 bits per heavy atom. The summed E-state index contributed by atoms with van der Waals surface area (Å²) in [5.41, 5.74) is 2.41. The third-order valence-corrected chi connectivity index (χ3v) is 5.68. The van der Waals surface area contributed by atoms with Gasteiger partial charge in [-0.2, -0.15) is 9.78 Å². The molecule has 1 saturated carbocycles. The average molecular weight is 384 g/mol. The first kappa shape index (κ1) is 17.9. The molecule has 2 aromatic heterocycles. The molecule has 1 fully saturated rings. The van der Waals surface area contributed by atoms with Gasteiger partial charge >= 0.3 is 0 Å². The van der Waals surface area contributed by atoms with Gasteiger partial charge in [0.15, 0.2) is 0 Å². The van der Waals surface area contributed by atoms with Crippen molar-refractivity contribution in [3.8, 4) is 16.4 Å². The molecule has 5 nitrogen and oxygen atoms in total. The Hall–Kier alpha value is -2.54. The molecule has 1 aromatic carbocycles. The van der Waals surface area contributed by atoms with Crippen LogP contribution in [0.1, 0.15) is 37.8 Å². The number of nitrogens with one attached hydrogen (secondary N) is 1. The number of anilines is 1. The number of hydrogen-bond donors (Lipinski definition) is 1. The zero-order chi connectivity index (χ0) is 18.8. The molecule has 140 valence electrons. The van der Waals surface area contributed by atoms with Crippen molar-refractivity contribution >= 4 is 23.1 Å². The average Bonchev–Trinajstić information content (AvgIpc) is 3.37. The van der Waals surface area contributed by atoms with E-state index in [1.165, 1.54) is 36.3 Å². The maximum Gasteiger partial charge on any atom is 0.225 e. The number of carbonyl (C=O) groups is 1. The maximum absolute atomic E-state index is 13.1. The van der Waals surface area contributed by atoms with E-state index >= 15 is 0 Å². The summed E-state index contributed by atoms with van der Waals surface area (Å²) in [6.45, 7) is 1.89. The van der Waals surface area contributed by atoms with E-state index in [2.05, 4.69) is 15.4 Å². The summed E-state index contributed by atoms with van der Waals surface area (Å²) in [6.07, 6.45) is 5.28. The number of aryl methyl sites for hydroxylation is 1. The summed E-state index contributed by atoms with van der Waals surface area (Å²) in [5.74, 6) is 0.880. The van der Waals surface area contributed by atoms with Crippen LogP contribution in [0.25, 0.3) is 16.4 Å². The van der Waals surface area contributed by atoms with Crippen LogP contribution in [0.15, 0.2) is 35.7 Å². The van der Waals surface area contributed by atoms with Crippen molar-refractivity contribution in [1.29, 1.82) is 0 Å². The zero-order valence-corrected chi connectivity index (χ0v) is 15.9. The number of halogens is 1. The molecule has 1 amide bonds. The Morgan fingerprint density at radius 1 is 1.30 bits per heavy atom. The second-order valence-corrected chi connectivity index (χ2v) is 7.84. The van der Waals surface area contributed by atoms with Gasteiger partial charge in [0.1, 0.15) is 11.6 Å². The molecular formula is C20H21FN4OS. The van der Waals surface area contributed by atoms with Crippen LogP contribution in [0.5, 0.6) is 0 Å². The van der Waals surface area contributed by atoms with E-state index in [4.69, 9.17) is 0 Å². The lowest BCUT2D eigenvalue weighted by atomic mass is 10.0. The lowest BCUT2D eigenvalue weighted by Gasteiger charge is -2.10. The van der Waals surface area contributed by atoms with Crippen molar-refractivity contribution in [1.82, 2.24) is 14.8 Å². The maximum atomic E-state index is 13.1. The summed E-state index contributed by atoms with van der Waals surface area (Å²) in [6, 6.07) is 8.09. The first-order valence-electron chi connectivity index (χ1n) is 9.17. The van der Waals surface area contributed by atoms with E-state index in [-0.39, 0.29) is 11.7 Å². The monoisotopic (exact) mass is 384 g/mol. The number of amides is 1. The van der Waals surface area contributed by atoms with E-state index in [0.29, 0.717) is 23.3 Å². The van der Waals surface area contributed by atoms with Gasteiger partial charge in [0.2, 0.25) is 11.0 Å². The number of nitrogens with zero attached hydrogens (tertiary/aromatic N) is 3. The lowest BCUT2D eigenvalue weighted by Crippen LogP contribution is -2.17. The third-order valence-electron chi connectivity index (χ3n) is 4.86. The van der Waals surface area contributed by atoms with Gasteiger partial charge in [0, 0.05) is 23.4 Å². The predicted molar refractivity (Wildman–Crippen MR) is 105 cm³/mol. The molecule has 1 aliphatic carbocycles. The van der Waals surface area contributed by atoms with Crippen LogP contribution < -0.4 is 5.32 Å². The first-order chi connectivity index (χ1) is 13.1. The second kappa shape index (κ2) is 7.60. The highest BCUT2D eigenvalue weighted by atomic mass is 32.1. The molecule has 3 aromatic rings. The molecule has 0 aliphatic heterocycles. The van der Waals surface area contributed by atoms with Gasteiger partial charge in [-0.25, -0.2) is 9.37 Å². The molecular weight excluding hydrogens is 363 g/mol. The van der Waals surface area contributed by atoms with Gasteiger partial charge in [0.25, 0.3) is 0 Å². The van der Waals surface area contributed by atoms with Crippen LogP contribution >= 0.6 is 11.3 Å². The number of thiazole rings is 1. The quantitative estimate of drug-likeness (QED) is 0.676. The van der Waals surface area contributed by atoms with Crippen molar-refractivity contribution < 1.29 is 9.18 Å². The Labute approximate surface area is 161 Å². The number of benzene rings is 1. The standard InChI is InChI=1S/C20H21FN4OS/c1-13-10-18(23-19(26)11-14-4-2-3-5-14)25(24-13)20-22-17(12-27-20)15-6-8-16(21)9-7-15/h6-10,12,14H,2-5,11H2,1H3,(H,23,26). The second-order valence-electron chi connectivity index (χ2n) is 7.01. The van der Waals surface area contributed by atoms with Crippen LogP contribution in [0.3, 0.4) is 0 Å². The molecule has 0 spiro atoms. The number of hydrogen-bond acceptors (Lipinski definition) is 4. The largest absolute Gasteiger partial charge is 0.310 e. The van der Waals surface area contributed by atoms with Crippen LogP contribution in [-0.2, 0) is 4.79 Å². The Bertz CT molecular complexity index is 941. The van der Waals surface area contributed by atoms with Gasteiger partial charge in [-0.3, -0.25) is 4.79 Å². The summed E-state index contributed by atoms with van der Waals surface area (Å²) in [7, 11) is 0. The normalized spacial score (nSPS) is 14.6. The van der Waals surface area contributed by atoms with Gasteiger partial charge in [-0.1, -0.05) is 12.8 Å². The third kappa shape index (κ3) is 4.08. The van der Waals surface area contributed by atoms with Crippen molar-refractivity contribution in [3.05, 3.63) is 47.2 Å². The van der Waals surface area contributed by atoms with Gasteiger partial charge in [0.05, 0.1) is 11.4 Å².